The van der Waals surface area contributed by atoms with Crippen molar-refractivity contribution >= 4 is 35.8 Å². The highest BCUT2D eigenvalue weighted by Gasteiger charge is 2.32. The molecule has 2 N–H and O–H groups in total. The molecule has 2 fully saturated rings. The maximum absolute atomic E-state index is 12.6. The summed E-state index contributed by atoms with van der Waals surface area (Å²) in [6.07, 6.45) is 6.46. The normalized spacial score (nSPS) is 20.0. The Kier molecular flexibility index (Phi) is 9.34. The monoisotopic (exact) mass is 500 g/mol. The number of aliphatic imine (C=N–C) groups is 1. The van der Waals surface area contributed by atoms with Crippen molar-refractivity contribution in [1.29, 1.82) is 0 Å². The quantitative estimate of drug-likeness (QED) is 0.358. The molecule has 1 aliphatic carbocycles. The molecule has 1 atom stereocenters. The number of likely N-dealkylation sites (tertiary alicyclic amines) is 1. The summed E-state index contributed by atoms with van der Waals surface area (Å²) in [6.45, 7) is 2.45. The molecule has 0 radical (unpaired) electrons. The van der Waals surface area contributed by atoms with Crippen molar-refractivity contribution in [2.24, 2.45) is 10.9 Å². The molecule has 0 aromatic heterocycles. The largest absolute Gasteiger partial charge is 0.497 e. The number of hydrogen-bond acceptors (Lipinski definition) is 3. The molecule has 1 heterocycles. The van der Waals surface area contributed by atoms with Crippen molar-refractivity contribution in [3.63, 3.8) is 0 Å². The average Bonchev–Trinajstić information content (AvgIpc) is 3.39. The molecule has 1 aromatic rings. The van der Waals surface area contributed by atoms with Crippen LogP contribution in [0.1, 0.15) is 37.7 Å². The minimum atomic E-state index is 0. The molecule has 1 saturated carbocycles. The molecule has 1 aromatic carbocycles. The maximum Gasteiger partial charge on any atom is 0.225 e. The van der Waals surface area contributed by atoms with Gasteiger partial charge in [-0.3, -0.25) is 9.79 Å². The summed E-state index contributed by atoms with van der Waals surface area (Å²) in [5, 5.41) is 6.85. The third-order valence-electron chi connectivity index (χ3n) is 5.63. The lowest BCUT2D eigenvalue weighted by molar-refractivity contribution is -0.134. The van der Waals surface area contributed by atoms with Gasteiger partial charge in [0.25, 0.3) is 0 Å². The Morgan fingerprint density at radius 2 is 1.93 bits per heavy atom. The third kappa shape index (κ3) is 6.25. The molecule has 1 aliphatic heterocycles. The Bertz CT molecular complexity index is 644. The van der Waals surface area contributed by atoms with E-state index in [2.05, 4.69) is 27.8 Å². The lowest BCUT2D eigenvalue weighted by Gasteiger charge is -2.21. The highest BCUT2D eigenvalue weighted by Crippen LogP contribution is 2.27. The fourth-order valence-corrected chi connectivity index (χ4v) is 4.01. The summed E-state index contributed by atoms with van der Waals surface area (Å²) in [5.74, 6) is 2.32. The van der Waals surface area contributed by atoms with Crippen LogP contribution in [0.25, 0.3) is 0 Å². The van der Waals surface area contributed by atoms with Crippen molar-refractivity contribution in [3.05, 3.63) is 29.8 Å². The average molecular weight is 500 g/mol. The van der Waals surface area contributed by atoms with Gasteiger partial charge in [0.15, 0.2) is 5.96 Å². The van der Waals surface area contributed by atoms with Gasteiger partial charge in [-0.05, 0) is 43.4 Å². The molecule has 3 rings (SSSR count). The van der Waals surface area contributed by atoms with E-state index in [1.807, 2.05) is 17.0 Å². The van der Waals surface area contributed by atoms with Gasteiger partial charge in [-0.15, -0.1) is 24.0 Å². The number of benzene rings is 1. The fourth-order valence-electron chi connectivity index (χ4n) is 4.01. The van der Waals surface area contributed by atoms with E-state index in [0.29, 0.717) is 5.91 Å². The van der Waals surface area contributed by atoms with Crippen LogP contribution < -0.4 is 15.4 Å². The molecule has 2 aliphatic rings. The summed E-state index contributed by atoms with van der Waals surface area (Å²) in [4.78, 5) is 18.9. The zero-order valence-electron chi connectivity index (χ0n) is 16.9. The SMILES string of the molecule is CN=C(NCCc1ccc(OC)cc1)NC1CCN(C(=O)C2CCCC2)C1.I. The molecule has 6 nitrogen and oxygen atoms in total. The topological polar surface area (TPSA) is 66.0 Å². The second kappa shape index (κ2) is 11.5. The zero-order chi connectivity index (χ0) is 19.1. The van der Waals surface area contributed by atoms with Crippen LogP contribution in [0.3, 0.4) is 0 Å². The molecule has 1 amide bonds. The lowest BCUT2D eigenvalue weighted by atomic mass is 10.1. The Morgan fingerprint density at radius 3 is 2.57 bits per heavy atom. The van der Waals surface area contributed by atoms with E-state index in [0.717, 1.165) is 57.0 Å². The molecular formula is C21H33IN4O2. The number of hydrogen-bond donors (Lipinski definition) is 2. The van der Waals surface area contributed by atoms with Crippen LogP contribution in [0.5, 0.6) is 5.75 Å². The Morgan fingerprint density at radius 1 is 1.21 bits per heavy atom. The molecule has 1 saturated heterocycles. The number of carbonyl (C=O) groups excluding carboxylic acids is 1. The number of nitrogens with zero attached hydrogens (tertiary/aromatic N) is 2. The minimum Gasteiger partial charge on any atom is -0.497 e. The Hall–Kier alpha value is -1.51. The summed E-state index contributed by atoms with van der Waals surface area (Å²) >= 11 is 0. The van der Waals surface area contributed by atoms with Gasteiger partial charge < -0.3 is 20.3 Å². The molecule has 0 bridgehead atoms. The van der Waals surface area contributed by atoms with Gasteiger partial charge in [0.1, 0.15) is 5.75 Å². The number of amides is 1. The first-order chi connectivity index (χ1) is 13.2. The maximum atomic E-state index is 12.6. The molecule has 28 heavy (non-hydrogen) atoms. The van der Waals surface area contributed by atoms with E-state index in [1.165, 1.54) is 18.4 Å². The van der Waals surface area contributed by atoms with Crippen LogP contribution in [-0.4, -0.2) is 56.6 Å². The third-order valence-corrected chi connectivity index (χ3v) is 5.63. The van der Waals surface area contributed by atoms with Gasteiger partial charge >= 0.3 is 0 Å². The first-order valence-corrected chi connectivity index (χ1v) is 10.1. The van der Waals surface area contributed by atoms with E-state index in [9.17, 15) is 4.79 Å². The molecule has 0 spiro atoms. The number of carbonyl (C=O) groups is 1. The zero-order valence-corrected chi connectivity index (χ0v) is 19.3. The molecule has 1 unspecified atom stereocenters. The summed E-state index contributed by atoms with van der Waals surface area (Å²) in [6, 6.07) is 8.41. The van der Waals surface area contributed by atoms with Crippen molar-refractivity contribution in [3.8, 4) is 5.75 Å². The molecule has 156 valence electrons. The van der Waals surface area contributed by atoms with Gasteiger partial charge in [0, 0.05) is 38.6 Å². The number of methoxy groups -OCH3 is 1. The van der Waals surface area contributed by atoms with Gasteiger partial charge in [-0.1, -0.05) is 25.0 Å². The van der Waals surface area contributed by atoms with E-state index in [4.69, 9.17) is 4.74 Å². The number of halogens is 1. The summed E-state index contributed by atoms with van der Waals surface area (Å²) < 4.78 is 5.19. The molecular weight excluding hydrogens is 467 g/mol. The van der Waals surface area contributed by atoms with Gasteiger partial charge in [-0.25, -0.2) is 0 Å². The Balaban J connectivity index is 0.00000280. The van der Waals surface area contributed by atoms with E-state index in [-0.39, 0.29) is 35.9 Å². The van der Waals surface area contributed by atoms with E-state index < -0.39 is 0 Å². The van der Waals surface area contributed by atoms with Gasteiger partial charge in [0.05, 0.1) is 7.11 Å². The second-order valence-electron chi connectivity index (χ2n) is 7.49. The lowest BCUT2D eigenvalue weighted by Crippen LogP contribution is -2.45. The highest BCUT2D eigenvalue weighted by atomic mass is 127. The smallest absolute Gasteiger partial charge is 0.225 e. The van der Waals surface area contributed by atoms with Crippen molar-refractivity contribution in [2.75, 3.05) is 33.8 Å². The van der Waals surface area contributed by atoms with Crippen molar-refractivity contribution in [2.45, 2.75) is 44.6 Å². The Labute approximate surface area is 185 Å². The van der Waals surface area contributed by atoms with Crippen molar-refractivity contribution in [1.82, 2.24) is 15.5 Å². The highest BCUT2D eigenvalue weighted by molar-refractivity contribution is 14.0. The number of nitrogens with one attached hydrogen (secondary N) is 2. The van der Waals surface area contributed by atoms with Crippen LogP contribution in [0.15, 0.2) is 29.3 Å². The second-order valence-corrected chi connectivity index (χ2v) is 7.49. The predicted octanol–water partition coefficient (Wildman–Crippen LogP) is 2.81. The summed E-state index contributed by atoms with van der Waals surface area (Å²) in [7, 11) is 3.47. The van der Waals surface area contributed by atoms with Crippen LogP contribution in [0, 0.1) is 5.92 Å². The predicted molar refractivity (Wildman–Crippen MR) is 124 cm³/mol. The fraction of sp³-hybridized carbons (Fsp3) is 0.619. The van der Waals surface area contributed by atoms with Gasteiger partial charge in [0.2, 0.25) is 5.91 Å². The number of rotatable bonds is 6. The van der Waals surface area contributed by atoms with Crippen molar-refractivity contribution < 1.29 is 9.53 Å². The van der Waals surface area contributed by atoms with Crippen LogP contribution >= 0.6 is 24.0 Å². The minimum absolute atomic E-state index is 0. The first kappa shape index (κ1) is 22.8. The van der Waals surface area contributed by atoms with Crippen LogP contribution in [0.2, 0.25) is 0 Å². The number of ether oxygens (including phenoxy) is 1. The number of guanidine groups is 1. The summed E-state index contributed by atoms with van der Waals surface area (Å²) in [5.41, 5.74) is 1.26. The molecule has 7 heteroatoms. The van der Waals surface area contributed by atoms with Crippen LogP contribution in [0.4, 0.5) is 0 Å². The van der Waals surface area contributed by atoms with E-state index in [1.54, 1.807) is 14.2 Å². The first-order valence-electron chi connectivity index (χ1n) is 10.1. The van der Waals surface area contributed by atoms with Crippen LogP contribution in [-0.2, 0) is 11.2 Å². The van der Waals surface area contributed by atoms with E-state index >= 15 is 0 Å². The van der Waals surface area contributed by atoms with Gasteiger partial charge in [-0.2, -0.15) is 0 Å². The standard InChI is InChI=1S/C21H32N4O2.HI/c1-22-21(23-13-11-16-7-9-19(27-2)10-8-16)24-18-12-14-25(15-18)20(26)17-5-3-4-6-17;/h7-10,17-18H,3-6,11-15H2,1-2H3,(H2,22,23,24);1H.